The lowest BCUT2D eigenvalue weighted by Crippen LogP contribution is -2.18. The zero-order valence-corrected chi connectivity index (χ0v) is 4.84. The fourth-order valence-corrected chi connectivity index (χ4v) is 0.604. The van der Waals surface area contributed by atoms with Crippen molar-refractivity contribution in [3.63, 3.8) is 0 Å². The molecule has 2 heteroatoms. The first kappa shape index (κ1) is 5.79. The molecule has 0 saturated carbocycles. The highest BCUT2D eigenvalue weighted by Gasteiger charge is 2.23. The molecule has 2 unspecified atom stereocenters. The van der Waals surface area contributed by atoms with Gasteiger partial charge in [-0.15, -0.1) is 6.58 Å². The van der Waals surface area contributed by atoms with Gasteiger partial charge in [-0.25, -0.2) is 0 Å². The Hall–Kier alpha value is -0.340. The summed E-state index contributed by atoms with van der Waals surface area (Å²) in [7, 11) is 0. The van der Waals surface area contributed by atoms with Crippen molar-refractivity contribution < 1.29 is 4.74 Å². The summed E-state index contributed by atoms with van der Waals surface area (Å²) < 4.78 is 4.95. The fourth-order valence-electron chi connectivity index (χ4n) is 0.604. The molecule has 0 spiro atoms. The highest BCUT2D eigenvalue weighted by molar-refractivity contribution is 4.87. The van der Waals surface area contributed by atoms with Crippen LogP contribution < -0.4 is 5.73 Å². The number of nitrogens with two attached hydrogens (primary N) is 1. The van der Waals surface area contributed by atoms with Gasteiger partial charge in [0.25, 0.3) is 0 Å². The monoisotopic (exact) mass is 113 g/mol. The highest BCUT2D eigenvalue weighted by Crippen LogP contribution is 2.14. The third-order valence-electron chi connectivity index (χ3n) is 1.24. The molecule has 8 heavy (non-hydrogen) atoms. The van der Waals surface area contributed by atoms with Crippen molar-refractivity contribution in [1.29, 1.82) is 0 Å². The lowest BCUT2D eigenvalue weighted by atomic mass is 10.2. The number of hydrogen-bond acceptors (Lipinski definition) is 2. The summed E-state index contributed by atoms with van der Waals surface area (Å²) in [6.45, 7) is 4.45. The second-order valence-electron chi connectivity index (χ2n) is 2.09. The Bertz CT molecular complexity index is 88.5. The first-order valence-corrected chi connectivity index (χ1v) is 2.82. The van der Waals surface area contributed by atoms with Gasteiger partial charge in [0.05, 0.1) is 12.7 Å². The van der Waals surface area contributed by atoms with E-state index < -0.39 is 0 Å². The Kier molecular flexibility index (Phi) is 1.65. The maximum Gasteiger partial charge on any atom is 0.0827 e. The minimum atomic E-state index is 0.127. The van der Waals surface area contributed by atoms with Crippen molar-refractivity contribution in [3.05, 3.63) is 12.7 Å². The van der Waals surface area contributed by atoms with Gasteiger partial charge in [-0.3, -0.25) is 0 Å². The van der Waals surface area contributed by atoms with Gasteiger partial charge in [-0.1, -0.05) is 6.08 Å². The van der Waals surface area contributed by atoms with Crippen LogP contribution in [0.2, 0.25) is 0 Å². The summed E-state index contributed by atoms with van der Waals surface area (Å²) in [6.07, 6.45) is 3.12. The standard InChI is InChI=1S/C6H11NO/c1-2-5(7)3-6-4-8-6/h2,5-6H,1,3-4,7H2. The molecule has 2 nitrogen and oxygen atoms in total. The third kappa shape index (κ3) is 1.64. The first-order valence-electron chi connectivity index (χ1n) is 2.82. The molecule has 0 radical (unpaired) electrons. The highest BCUT2D eigenvalue weighted by atomic mass is 16.6. The predicted octanol–water partition coefficient (Wildman–Crippen LogP) is 0.289. The molecule has 0 aromatic rings. The summed E-state index contributed by atoms with van der Waals surface area (Å²) in [5, 5.41) is 0. The third-order valence-corrected chi connectivity index (χ3v) is 1.24. The van der Waals surface area contributed by atoms with E-state index in [1.165, 1.54) is 0 Å². The normalized spacial score (nSPS) is 29.4. The average Bonchev–Trinajstić information content (AvgIpc) is 2.50. The minimum absolute atomic E-state index is 0.127. The van der Waals surface area contributed by atoms with Crippen LogP contribution in [0.15, 0.2) is 12.7 Å². The van der Waals surface area contributed by atoms with Crippen LogP contribution in [0.3, 0.4) is 0 Å². The fraction of sp³-hybridized carbons (Fsp3) is 0.667. The molecule has 46 valence electrons. The Morgan fingerprint density at radius 1 is 2.00 bits per heavy atom. The zero-order valence-electron chi connectivity index (χ0n) is 4.84. The largest absolute Gasteiger partial charge is 0.373 e. The molecule has 1 heterocycles. The second kappa shape index (κ2) is 2.29. The van der Waals surface area contributed by atoms with Crippen molar-refractivity contribution in [2.45, 2.75) is 18.6 Å². The minimum Gasteiger partial charge on any atom is -0.373 e. The van der Waals surface area contributed by atoms with E-state index >= 15 is 0 Å². The van der Waals surface area contributed by atoms with Crippen molar-refractivity contribution in [3.8, 4) is 0 Å². The first-order chi connectivity index (χ1) is 3.83. The van der Waals surface area contributed by atoms with E-state index in [4.69, 9.17) is 10.5 Å². The van der Waals surface area contributed by atoms with E-state index in [-0.39, 0.29) is 6.04 Å². The molecule has 1 rings (SSSR count). The van der Waals surface area contributed by atoms with Crippen molar-refractivity contribution >= 4 is 0 Å². The van der Waals surface area contributed by atoms with Crippen LogP contribution in [0.1, 0.15) is 6.42 Å². The zero-order chi connectivity index (χ0) is 5.98. The molecule has 0 amide bonds. The molecular formula is C6H11NO. The van der Waals surface area contributed by atoms with Crippen LogP contribution in [0.4, 0.5) is 0 Å². The van der Waals surface area contributed by atoms with Crippen molar-refractivity contribution in [2.24, 2.45) is 5.73 Å². The van der Waals surface area contributed by atoms with Gasteiger partial charge in [0.2, 0.25) is 0 Å². The molecule has 2 atom stereocenters. The number of rotatable bonds is 3. The van der Waals surface area contributed by atoms with Crippen LogP contribution >= 0.6 is 0 Å². The molecule has 1 aliphatic heterocycles. The Morgan fingerprint density at radius 2 is 2.62 bits per heavy atom. The number of epoxide rings is 1. The summed E-state index contributed by atoms with van der Waals surface area (Å²) in [5.41, 5.74) is 5.52. The Balaban J connectivity index is 2.06. The maximum atomic E-state index is 5.52. The van der Waals surface area contributed by atoms with E-state index in [2.05, 4.69) is 6.58 Å². The van der Waals surface area contributed by atoms with E-state index in [0.29, 0.717) is 6.10 Å². The average molecular weight is 113 g/mol. The van der Waals surface area contributed by atoms with Crippen LogP contribution in [0.5, 0.6) is 0 Å². The van der Waals surface area contributed by atoms with Gasteiger partial charge < -0.3 is 10.5 Å². The van der Waals surface area contributed by atoms with Crippen LogP contribution in [-0.2, 0) is 4.74 Å². The van der Waals surface area contributed by atoms with Gasteiger partial charge >= 0.3 is 0 Å². The van der Waals surface area contributed by atoms with Crippen molar-refractivity contribution in [2.75, 3.05) is 6.61 Å². The topological polar surface area (TPSA) is 38.5 Å². The SMILES string of the molecule is C=CC(N)CC1CO1. The molecule has 1 aliphatic rings. The summed E-state index contributed by atoms with van der Waals surface area (Å²) in [4.78, 5) is 0. The lowest BCUT2D eigenvalue weighted by Gasteiger charge is -1.99. The summed E-state index contributed by atoms with van der Waals surface area (Å²) >= 11 is 0. The predicted molar refractivity (Wildman–Crippen MR) is 32.5 cm³/mol. The van der Waals surface area contributed by atoms with Gasteiger partial charge in [-0.05, 0) is 6.42 Å². The smallest absolute Gasteiger partial charge is 0.0827 e. The van der Waals surface area contributed by atoms with Crippen molar-refractivity contribution in [1.82, 2.24) is 0 Å². The lowest BCUT2D eigenvalue weighted by molar-refractivity contribution is 0.390. The van der Waals surface area contributed by atoms with Gasteiger partial charge in [0.1, 0.15) is 0 Å². The molecule has 0 aliphatic carbocycles. The molecular weight excluding hydrogens is 102 g/mol. The van der Waals surface area contributed by atoms with Gasteiger partial charge in [0, 0.05) is 6.04 Å². The number of hydrogen-bond donors (Lipinski definition) is 1. The summed E-state index contributed by atoms with van der Waals surface area (Å²) in [5.74, 6) is 0. The van der Waals surface area contributed by atoms with E-state index in [9.17, 15) is 0 Å². The number of ether oxygens (including phenoxy) is 1. The maximum absolute atomic E-state index is 5.52. The van der Waals surface area contributed by atoms with Gasteiger partial charge in [-0.2, -0.15) is 0 Å². The molecule has 1 fully saturated rings. The Labute approximate surface area is 49.3 Å². The molecule has 0 aromatic heterocycles. The molecule has 2 N–H and O–H groups in total. The van der Waals surface area contributed by atoms with Crippen LogP contribution in [0.25, 0.3) is 0 Å². The van der Waals surface area contributed by atoms with Crippen LogP contribution in [-0.4, -0.2) is 18.8 Å². The quantitative estimate of drug-likeness (QED) is 0.422. The molecule has 0 aromatic carbocycles. The second-order valence-corrected chi connectivity index (χ2v) is 2.09. The molecule has 0 bridgehead atoms. The van der Waals surface area contributed by atoms with Crippen LogP contribution in [0, 0.1) is 0 Å². The van der Waals surface area contributed by atoms with Gasteiger partial charge in [0.15, 0.2) is 0 Å². The summed E-state index contributed by atoms with van der Waals surface area (Å²) in [6, 6.07) is 0.127. The van der Waals surface area contributed by atoms with E-state index in [1.807, 2.05) is 0 Å². The Morgan fingerprint density at radius 3 is 3.00 bits per heavy atom. The van der Waals surface area contributed by atoms with E-state index in [0.717, 1.165) is 13.0 Å². The van der Waals surface area contributed by atoms with E-state index in [1.54, 1.807) is 6.08 Å². The molecule has 1 saturated heterocycles.